The first-order valence-corrected chi connectivity index (χ1v) is 11.3. The van der Waals surface area contributed by atoms with Crippen molar-refractivity contribution in [3.8, 4) is 39.6 Å². The van der Waals surface area contributed by atoms with Crippen LogP contribution < -0.4 is 15.4 Å². The van der Waals surface area contributed by atoms with Crippen molar-refractivity contribution in [3.63, 3.8) is 0 Å². The molecule has 1 aromatic heterocycles. The number of benzene rings is 2. The smallest absolute Gasteiger partial charge is 0.236 e. The van der Waals surface area contributed by atoms with Crippen molar-refractivity contribution in [2.45, 2.75) is 19.2 Å². The lowest BCUT2D eigenvalue weighted by Crippen LogP contribution is -2.45. The molecule has 0 aliphatic carbocycles. The first-order valence-electron chi connectivity index (χ1n) is 10.9. The minimum Gasteiger partial charge on any atom is -0.507 e. The molecule has 1 heterocycles. The van der Waals surface area contributed by atoms with Crippen LogP contribution in [0.4, 0.5) is 0 Å². The van der Waals surface area contributed by atoms with E-state index >= 15 is 0 Å². The third kappa shape index (κ3) is 6.23. The fraction of sp³-hybridized carbons (Fsp3) is 0.333. The number of hydrogen-bond donors (Lipinski definition) is 6. The maximum absolute atomic E-state index is 12.4. The number of aromatic nitrogens is 2. The lowest BCUT2D eigenvalue weighted by atomic mass is 9.97. The number of aromatic amines is 1. The Balaban J connectivity index is 1.97. The van der Waals surface area contributed by atoms with E-state index in [0.717, 1.165) is 6.07 Å². The van der Waals surface area contributed by atoms with Gasteiger partial charge in [-0.2, -0.15) is 5.10 Å². The van der Waals surface area contributed by atoms with E-state index in [0.29, 0.717) is 35.7 Å². The monoisotopic (exact) mass is 503 g/mol. The van der Waals surface area contributed by atoms with Crippen molar-refractivity contribution < 1.29 is 24.9 Å². The predicted molar refractivity (Wildman–Crippen MR) is 133 cm³/mol. The number of hydrogen-bond acceptors (Lipinski definition) is 8. The summed E-state index contributed by atoms with van der Waals surface area (Å²) in [5.74, 6) is -0.140. The Kier molecular flexibility index (Phi) is 8.57. The van der Waals surface area contributed by atoms with Gasteiger partial charge in [0.15, 0.2) is 0 Å². The van der Waals surface area contributed by atoms with Crippen molar-refractivity contribution >= 4 is 17.5 Å². The number of phenolic OH excluding ortho intramolecular Hbond substituents is 2. The van der Waals surface area contributed by atoms with E-state index in [4.69, 9.17) is 16.3 Å². The SMILES string of the molecule is COc1ccc(-c2c(-c3cc(Cl)c(O)cc3O)n[nH]c2C(O)NC(C)C(=O)NCCN(C)C)cc1. The molecule has 0 aliphatic heterocycles. The lowest BCUT2D eigenvalue weighted by Gasteiger charge is -2.20. The van der Waals surface area contributed by atoms with Crippen molar-refractivity contribution in [2.24, 2.45) is 0 Å². The number of nitrogens with one attached hydrogen (secondary N) is 3. The standard InChI is InChI=1S/C24H30ClN5O5/c1-13(23(33)26-9-10-30(2)3)27-24(34)22-20(14-5-7-15(35-4)8-6-14)21(28-29-22)16-11-17(25)19(32)12-18(16)31/h5-8,11-13,24,27,31-32,34H,9-10H2,1-4H3,(H,26,33)(H,28,29). The molecule has 11 heteroatoms. The van der Waals surface area contributed by atoms with Gasteiger partial charge in [-0.05, 0) is 44.8 Å². The molecular formula is C24H30ClN5O5. The van der Waals surface area contributed by atoms with Crippen molar-refractivity contribution in [1.29, 1.82) is 0 Å². The summed E-state index contributed by atoms with van der Waals surface area (Å²) in [6.07, 6.45) is -1.29. The van der Waals surface area contributed by atoms with Crippen LogP contribution in [0.2, 0.25) is 5.02 Å². The first kappa shape index (κ1) is 26.3. The third-order valence-electron chi connectivity index (χ3n) is 5.43. The number of carbonyl (C=O) groups excluding carboxylic acids is 1. The second kappa shape index (κ2) is 11.4. The molecule has 2 unspecified atom stereocenters. The van der Waals surface area contributed by atoms with Crippen molar-refractivity contribution in [2.75, 3.05) is 34.3 Å². The number of aliphatic hydroxyl groups is 1. The van der Waals surface area contributed by atoms with Crippen LogP contribution in [-0.4, -0.2) is 76.7 Å². The summed E-state index contributed by atoms with van der Waals surface area (Å²) in [6.45, 7) is 2.80. The molecule has 1 amide bonds. The third-order valence-corrected chi connectivity index (χ3v) is 5.73. The number of carbonyl (C=O) groups is 1. The lowest BCUT2D eigenvalue weighted by molar-refractivity contribution is -0.123. The Morgan fingerprint density at radius 2 is 1.89 bits per heavy atom. The zero-order valence-electron chi connectivity index (χ0n) is 20.0. The van der Waals surface area contributed by atoms with Gasteiger partial charge in [0.05, 0.1) is 23.9 Å². The summed E-state index contributed by atoms with van der Waals surface area (Å²) in [5, 5.41) is 44.2. The Labute approximate surface area is 208 Å². The number of H-pyrrole nitrogens is 1. The average molecular weight is 504 g/mol. The van der Waals surface area contributed by atoms with Gasteiger partial charge >= 0.3 is 0 Å². The maximum Gasteiger partial charge on any atom is 0.236 e. The van der Waals surface area contributed by atoms with Crippen molar-refractivity contribution in [1.82, 2.24) is 25.7 Å². The topological polar surface area (TPSA) is 143 Å². The highest BCUT2D eigenvalue weighted by atomic mass is 35.5. The van der Waals surface area contributed by atoms with Gasteiger partial charge in [0.25, 0.3) is 0 Å². The van der Waals surface area contributed by atoms with Gasteiger partial charge in [-0.25, -0.2) is 0 Å². The predicted octanol–water partition coefficient (Wildman–Crippen LogP) is 2.46. The van der Waals surface area contributed by atoms with E-state index in [2.05, 4.69) is 20.8 Å². The van der Waals surface area contributed by atoms with E-state index in [1.54, 1.807) is 38.3 Å². The van der Waals surface area contributed by atoms with Gasteiger partial charge in [0, 0.05) is 30.3 Å². The summed E-state index contributed by atoms with van der Waals surface area (Å²) >= 11 is 6.08. The summed E-state index contributed by atoms with van der Waals surface area (Å²) in [4.78, 5) is 14.4. The van der Waals surface area contributed by atoms with Crippen LogP contribution in [0.5, 0.6) is 17.2 Å². The van der Waals surface area contributed by atoms with Crippen LogP contribution in [0.1, 0.15) is 18.8 Å². The minimum atomic E-state index is -1.29. The van der Waals surface area contributed by atoms with Crippen LogP contribution in [-0.2, 0) is 4.79 Å². The summed E-state index contributed by atoms with van der Waals surface area (Å²) in [6, 6.07) is 8.86. The van der Waals surface area contributed by atoms with Gasteiger partial charge in [-0.3, -0.25) is 15.2 Å². The Bertz CT molecular complexity index is 1170. The summed E-state index contributed by atoms with van der Waals surface area (Å²) < 4.78 is 5.24. The van der Waals surface area contributed by atoms with Crippen LogP contribution >= 0.6 is 11.6 Å². The van der Waals surface area contributed by atoms with Crippen molar-refractivity contribution in [3.05, 3.63) is 47.1 Å². The molecule has 10 nitrogen and oxygen atoms in total. The van der Waals surface area contributed by atoms with Crippen LogP contribution in [0, 0.1) is 0 Å². The minimum absolute atomic E-state index is 0.0321. The van der Waals surface area contributed by atoms with E-state index in [9.17, 15) is 20.1 Å². The maximum atomic E-state index is 12.4. The Morgan fingerprint density at radius 1 is 1.20 bits per heavy atom. The van der Waals surface area contributed by atoms with Gasteiger partial charge in [0.1, 0.15) is 29.2 Å². The van der Waals surface area contributed by atoms with Gasteiger partial charge in [0.2, 0.25) is 5.91 Å². The molecule has 188 valence electrons. The Hall–Kier alpha value is -3.31. The number of aromatic hydroxyl groups is 2. The molecule has 35 heavy (non-hydrogen) atoms. The molecule has 0 saturated heterocycles. The van der Waals surface area contributed by atoms with Crippen LogP contribution in [0.25, 0.3) is 22.4 Å². The van der Waals surface area contributed by atoms with Gasteiger partial charge < -0.3 is 30.3 Å². The number of ether oxygens (including phenoxy) is 1. The molecule has 0 spiro atoms. The second-order valence-electron chi connectivity index (χ2n) is 8.30. The summed E-state index contributed by atoms with van der Waals surface area (Å²) in [5.41, 5.74) is 1.97. The molecular weight excluding hydrogens is 474 g/mol. The highest BCUT2D eigenvalue weighted by molar-refractivity contribution is 6.32. The molecule has 0 fully saturated rings. The zero-order valence-corrected chi connectivity index (χ0v) is 20.7. The molecule has 0 saturated carbocycles. The van der Waals surface area contributed by atoms with E-state index in [-0.39, 0.29) is 33.7 Å². The number of methoxy groups -OCH3 is 1. The molecule has 0 bridgehead atoms. The molecule has 2 atom stereocenters. The largest absolute Gasteiger partial charge is 0.507 e. The van der Waals surface area contributed by atoms with Gasteiger partial charge in [-0.1, -0.05) is 23.7 Å². The quantitative estimate of drug-likeness (QED) is 0.232. The number of amides is 1. The second-order valence-corrected chi connectivity index (χ2v) is 8.70. The number of aliphatic hydroxyl groups excluding tert-OH is 1. The number of nitrogens with zero attached hydrogens (tertiary/aromatic N) is 2. The Morgan fingerprint density at radius 3 is 2.51 bits per heavy atom. The number of phenols is 2. The van der Waals surface area contributed by atoms with E-state index in [1.807, 2.05) is 19.0 Å². The highest BCUT2D eigenvalue weighted by Crippen LogP contribution is 2.42. The molecule has 0 radical (unpaired) electrons. The number of likely N-dealkylation sites (N-methyl/N-ethyl adjacent to an activating group) is 1. The number of halogens is 1. The number of rotatable bonds is 10. The van der Waals surface area contributed by atoms with E-state index in [1.165, 1.54) is 6.07 Å². The fourth-order valence-corrected chi connectivity index (χ4v) is 3.65. The van der Waals surface area contributed by atoms with Crippen LogP contribution in [0.15, 0.2) is 36.4 Å². The normalized spacial score (nSPS) is 13.0. The highest BCUT2D eigenvalue weighted by Gasteiger charge is 2.26. The zero-order chi connectivity index (χ0) is 25.7. The molecule has 0 aliphatic rings. The molecule has 2 aromatic carbocycles. The van der Waals surface area contributed by atoms with E-state index < -0.39 is 12.3 Å². The fourth-order valence-electron chi connectivity index (χ4n) is 3.49. The first-order chi connectivity index (χ1) is 16.6. The van der Waals surface area contributed by atoms with Crippen LogP contribution in [0.3, 0.4) is 0 Å². The molecule has 3 rings (SSSR count). The summed E-state index contributed by atoms with van der Waals surface area (Å²) in [7, 11) is 5.37. The average Bonchev–Trinajstić information content (AvgIpc) is 3.26. The molecule has 3 aromatic rings. The van der Waals surface area contributed by atoms with Gasteiger partial charge in [-0.15, -0.1) is 0 Å². The molecule has 6 N–H and O–H groups in total.